The van der Waals surface area contributed by atoms with E-state index in [9.17, 15) is 4.79 Å². The Bertz CT molecular complexity index is 744. The Labute approximate surface area is 157 Å². The molecule has 0 saturated heterocycles. The van der Waals surface area contributed by atoms with Crippen LogP contribution in [0.4, 0.5) is 5.69 Å². The molecule has 2 rings (SSSR count). The highest BCUT2D eigenvalue weighted by molar-refractivity contribution is 7.99. The molecule has 0 aliphatic carbocycles. The van der Waals surface area contributed by atoms with E-state index in [4.69, 9.17) is 5.11 Å². The summed E-state index contributed by atoms with van der Waals surface area (Å²) in [6.45, 7) is 4.48. The van der Waals surface area contributed by atoms with Crippen LogP contribution >= 0.6 is 11.8 Å². The molecule has 0 radical (unpaired) electrons. The SMILES string of the molecule is Cc1cc(C)nc(SCC(=O)N/N=C/c2ccc(N(C)CCO)cc2)n1. The van der Waals surface area contributed by atoms with Gasteiger partial charge >= 0.3 is 0 Å². The fourth-order valence-electron chi connectivity index (χ4n) is 2.19. The molecule has 2 N–H and O–H groups in total. The second-order valence-corrected chi connectivity index (χ2v) is 6.69. The third-order valence-corrected chi connectivity index (χ3v) is 4.31. The predicted octanol–water partition coefficient (Wildman–Crippen LogP) is 1.76. The minimum Gasteiger partial charge on any atom is -0.395 e. The van der Waals surface area contributed by atoms with E-state index >= 15 is 0 Å². The molecule has 0 bridgehead atoms. The van der Waals surface area contributed by atoms with E-state index in [-0.39, 0.29) is 18.3 Å². The molecule has 0 aliphatic rings. The van der Waals surface area contributed by atoms with Crippen molar-refractivity contribution in [3.05, 3.63) is 47.3 Å². The number of hydrogen-bond donors (Lipinski definition) is 2. The Morgan fingerprint density at radius 2 is 1.92 bits per heavy atom. The highest BCUT2D eigenvalue weighted by atomic mass is 32.2. The Balaban J connectivity index is 1.81. The summed E-state index contributed by atoms with van der Waals surface area (Å²) >= 11 is 1.28. The molecule has 138 valence electrons. The number of hydrogen-bond acceptors (Lipinski definition) is 7. The lowest BCUT2D eigenvalue weighted by atomic mass is 10.2. The molecule has 8 heteroatoms. The average Bonchev–Trinajstić information content (AvgIpc) is 2.60. The van der Waals surface area contributed by atoms with Gasteiger partial charge < -0.3 is 10.0 Å². The lowest BCUT2D eigenvalue weighted by Gasteiger charge is -2.17. The number of anilines is 1. The number of rotatable bonds is 8. The van der Waals surface area contributed by atoms with Gasteiger partial charge in [0.15, 0.2) is 5.16 Å². The van der Waals surface area contributed by atoms with E-state index in [1.54, 1.807) is 6.21 Å². The Kier molecular flexibility index (Phi) is 7.55. The van der Waals surface area contributed by atoms with Crippen molar-refractivity contribution in [3.8, 4) is 0 Å². The van der Waals surface area contributed by atoms with Crippen molar-refractivity contribution in [1.82, 2.24) is 15.4 Å². The molecule has 1 heterocycles. The maximum absolute atomic E-state index is 11.9. The Morgan fingerprint density at radius 1 is 1.27 bits per heavy atom. The van der Waals surface area contributed by atoms with Crippen molar-refractivity contribution in [2.24, 2.45) is 5.10 Å². The lowest BCUT2D eigenvalue weighted by Crippen LogP contribution is -2.21. The summed E-state index contributed by atoms with van der Waals surface area (Å²) in [4.78, 5) is 22.4. The topological polar surface area (TPSA) is 90.7 Å². The van der Waals surface area contributed by atoms with Gasteiger partial charge in [-0.15, -0.1) is 0 Å². The van der Waals surface area contributed by atoms with Crippen molar-refractivity contribution in [2.45, 2.75) is 19.0 Å². The number of aryl methyl sites for hydroxylation is 2. The highest BCUT2D eigenvalue weighted by Crippen LogP contribution is 2.14. The number of likely N-dealkylation sites (N-methyl/N-ethyl adjacent to an activating group) is 1. The van der Waals surface area contributed by atoms with Crippen molar-refractivity contribution in [1.29, 1.82) is 0 Å². The summed E-state index contributed by atoms with van der Waals surface area (Å²) in [6, 6.07) is 9.56. The molecule has 0 spiro atoms. The van der Waals surface area contributed by atoms with E-state index < -0.39 is 0 Å². The van der Waals surface area contributed by atoms with Crippen molar-refractivity contribution >= 4 is 29.6 Å². The van der Waals surface area contributed by atoms with Gasteiger partial charge in [0.2, 0.25) is 0 Å². The molecule has 0 fully saturated rings. The van der Waals surface area contributed by atoms with E-state index in [1.807, 2.05) is 56.1 Å². The zero-order valence-electron chi connectivity index (χ0n) is 15.1. The number of nitrogens with one attached hydrogen (secondary N) is 1. The average molecular weight is 373 g/mol. The van der Waals surface area contributed by atoms with Gasteiger partial charge in [-0.2, -0.15) is 5.10 Å². The van der Waals surface area contributed by atoms with Gasteiger partial charge in [0, 0.05) is 30.7 Å². The van der Waals surface area contributed by atoms with Crippen LogP contribution in [0.25, 0.3) is 0 Å². The summed E-state index contributed by atoms with van der Waals surface area (Å²) in [6.07, 6.45) is 1.59. The van der Waals surface area contributed by atoms with E-state index in [0.717, 1.165) is 22.6 Å². The van der Waals surface area contributed by atoms with Crippen LogP contribution in [-0.2, 0) is 4.79 Å². The summed E-state index contributed by atoms with van der Waals surface area (Å²) < 4.78 is 0. The van der Waals surface area contributed by atoms with Gasteiger partial charge in [-0.25, -0.2) is 15.4 Å². The summed E-state index contributed by atoms with van der Waals surface area (Å²) in [5.41, 5.74) is 6.14. The van der Waals surface area contributed by atoms with Crippen LogP contribution in [0.5, 0.6) is 0 Å². The number of aliphatic hydroxyl groups excluding tert-OH is 1. The quantitative estimate of drug-likeness (QED) is 0.317. The highest BCUT2D eigenvalue weighted by Gasteiger charge is 2.05. The van der Waals surface area contributed by atoms with Gasteiger partial charge in [-0.1, -0.05) is 23.9 Å². The molecule has 0 atom stereocenters. The number of amides is 1. The van der Waals surface area contributed by atoms with Crippen molar-refractivity contribution in [3.63, 3.8) is 0 Å². The van der Waals surface area contributed by atoms with E-state index in [2.05, 4.69) is 20.5 Å². The fourth-order valence-corrected chi connectivity index (χ4v) is 2.94. The Morgan fingerprint density at radius 3 is 2.54 bits per heavy atom. The molecule has 0 aliphatic heterocycles. The maximum atomic E-state index is 11.9. The number of aliphatic hydroxyl groups is 1. The monoisotopic (exact) mass is 373 g/mol. The van der Waals surface area contributed by atoms with Gasteiger partial charge in [-0.3, -0.25) is 4.79 Å². The predicted molar refractivity (Wildman–Crippen MR) is 105 cm³/mol. The second kappa shape index (κ2) is 9.88. The van der Waals surface area contributed by atoms with Crippen LogP contribution in [-0.4, -0.2) is 53.1 Å². The number of benzene rings is 1. The third kappa shape index (κ3) is 6.45. The third-order valence-electron chi connectivity index (χ3n) is 3.47. The molecule has 7 nitrogen and oxygen atoms in total. The minimum atomic E-state index is -0.215. The number of thioether (sulfide) groups is 1. The maximum Gasteiger partial charge on any atom is 0.250 e. The van der Waals surface area contributed by atoms with Crippen LogP contribution in [0.1, 0.15) is 17.0 Å². The van der Waals surface area contributed by atoms with Gasteiger partial charge in [0.05, 0.1) is 18.6 Å². The van der Waals surface area contributed by atoms with Crippen LogP contribution in [0.2, 0.25) is 0 Å². The summed E-state index contributed by atoms with van der Waals surface area (Å²) in [5.74, 6) is -0.0150. The number of nitrogens with zero attached hydrogens (tertiary/aromatic N) is 4. The molecule has 1 aromatic heterocycles. The number of aromatic nitrogens is 2. The van der Waals surface area contributed by atoms with Crippen molar-refractivity contribution in [2.75, 3.05) is 30.9 Å². The first kappa shape index (κ1) is 19.9. The summed E-state index contributed by atoms with van der Waals surface area (Å²) in [7, 11) is 1.91. The van der Waals surface area contributed by atoms with Crippen LogP contribution in [0, 0.1) is 13.8 Å². The van der Waals surface area contributed by atoms with Crippen LogP contribution < -0.4 is 10.3 Å². The molecule has 0 unspecified atom stereocenters. The van der Waals surface area contributed by atoms with Gasteiger partial charge in [-0.05, 0) is 37.6 Å². The standard InChI is InChI=1S/C18H23N5O2S/c1-13-10-14(2)21-18(20-13)26-12-17(25)22-19-11-15-4-6-16(7-5-15)23(3)8-9-24/h4-7,10-11,24H,8-9,12H2,1-3H3,(H,22,25)/b19-11+. The first-order chi connectivity index (χ1) is 12.5. The first-order valence-corrected chi connectivity index (χ1v) is 9.15. The van der Waals surface area contributed by atoms with Crippen molar-refractivity contribution < 1.29 is 9.90 Å². The second-order valence-electron chi connectivity index (χ2n) is 5.75. The van der Waals surface area contributed by atoms with Gasteiger partial charge in [0.25, 0.3) is 5.91 Å². The molecule has 26 heavy (non-hydrogen) atoms. The molecular formula is C18H23N5O2S. The largest absolute Gasteiger partial charge is 0.395 e. The molecule has 0 saturated carbocycles. The lowest BCUT2D eigenvalue weighted by molar-refractivity contribution is -0.118. The first-order valence-electron chi connectivity index (χ1n) is 8.17. The molecular weight excluding hydrogens is 350 g/mol. The van der Waals surface area contributed by atoms with Crippen LogP contribution in [0.15, 0.2) is 40.6 Å². The van der Waals surface area contributed by atoms with E-state index in [1.165, 1.54) is 11.8 Å². The van der Waals surface area contributed by atoms with Crippen LogP contribution in [0.3, 0.4) is 0 Å². The van der Waals surface area contributed by atoms with E-state index in [0.29, 0.717) is 11.7 Å². The minimum absolute atomic E-state index is 0.108. The fraction of sp³-hybridized carbons (Fsp3) is 0.333. The zero-order chi connectivity index (χ0) is 18.9. The molecule has 1 aromatic carbocycles. The normalized spacial score (nSPS) is 10.9. The smallest absolute Gasteiger partial charge is 0.250 e. The number of hydrazone groups is 1. The number of carbonyl (C=O) groups is 1. The zero-order valence-corrected chi connectivity index (χ0v) is 16.0. The Hall–Kier alpha value is -2.45. The molecule has 2 aromatic rings. The number of carbonyl (C=O) groups excluding carboxylic acids is 1. The molecule has 1 amide bonds. The van der Waals surface area contributed by atoms with Gasteiger partial charge in [0.1, 0.15) is 0 Å². The summed E-state index contributed by atoms with van der Waals surface area (Å²) in [5, 5.41) is 13.5.